The van der Waals surface area contributed by atoms with E-state index in [1.165, 1.54) is 0 Å². The summed E-state index contributed by atoms with van der Waals surface area (Å²) in [6.45, 7) is 6.42. The summed E-state index contributed by atoms with van der Waals surface area (Å²) in [5, 5.41) is 22.0. The van der Waals surface area contributed by atoms with Crippen LogP contribution in [0.15, 0.2) is 30.3 Å². The van der Waals surface area contributed by atoms with Crippen molar-refractivity contribution in [2.24, 2.45) is 0 Å². The third kappa shape index (κ3) is 6.16. The molecule has 1 aromatic carbocycles. The Hall–Kier alpha value is -0.940. The normalized spacial score (nSPS) is 15.2. The Bertz CT molecular complexity index is 354. The highest BCUT2D eigenvalue weighted by Crippen LogP contribution is 2.15. The minimum absolute atomic E-state index is 0.0288. The van der Waals surface area contributed by atoms with E-state index in [-0.39, 0.29) is 24.9 Å². The molecule has 0 fully saturated rings. The van der Waals surface area contributed by atoms with Crippen molar-refractivity contribution in [3.8, 4) is 0 Å². The van der Waals surface area contributed by atoms with Crippen LogP contribution in [0.3, 0.4) is 0 Å². The molecule has 0 heterocycles. The highest BCUT2D eigenvalue weighted by Gasteiger charge is 2.17. The van der Waals surface area contributed by atoms with Crippen LogP contribution in [0.1, 0.15) is 32.4 Å². The van der Waals surface area contributed by atoms with Gasteiger partial charge in [-0.05, 0) is 26.3 Å². The highest BCUT2D eigenvalue weighted by molar-refractivity contribution is 5.16. The van der Waals surface area contributed by atoms with Crippen molar-refractivity contribution in [2.75, 3.05) is 19.8 Å². The molecule has 19 heavy (non-hydrogen) atoms. The first-order chi connectivity index (χ1) is 8.94. The molecule has 0 aliphatic carbocycles. The van der Waals surface area contributed by atoms with Crippen LogP contribution in [0.2, 0.25) is 0 Å². The zero-order chi connectivity index (χ0) is 14.3. The first-order valence-corrected chi connectivity index (χ1v) is 6.65. The van der Waals surface area contributed by atoms with Crippen LogP contribution < -0.4 is 5.32 Å². The summed E-state index contributed by atoms with van der Waals surface area (Å²) < 4.78 is 5.64. The Morgan fingerprint density at radius 1 is 1.26 bits per heavy atom. The van der Waals surface area contributed by atoms with Gasteiger partial charge in [0, 0.05) is 12.1 Å². The van der Waals surface area contributed by atoms with Gasteiger partial charge in [0.15, 0.2) is 0 Å². The molecule has 0 radical (unpaired) electrons. The standard InChI is InChI=1S/C15H25NO3/c1-12(13-7-5-4-6-8-13)19-10-14(18)9-16-15(2,3)11-17/h4-8,12,14,16-18H,9-11H2,1-3H3. The molecule has 0 amide bonds. The second-order valence-electron chi connectivity index (χ2n) is 5.46. The number of benzene rings is 1. The maximum Gasteiger partial charge on any atom is 0.0898 e. The summed E-state index contributed by atoms with van der Waals surface area (Å²) in [6, 6.07) is 9.91. The summed E-state index contributed by atoms with van der Waals surface area (Å²) in [5.74, 6) is 0. The van der Waals surface area contributed by atoms with E-state index in [1.54, 1.807) is 0 Å². The monoisotopic (exact) mass is 267 g/mol. The molecule has 0 bridgehead atoms. The van der Waals surface area contributed by atoms with Gasteiger partial charge in [-0.2, -0.15) is 0 Å². The van der Waals surface area contributed by atoms with Gasteiger partial charge in [-0.1, -0.05) is 30.3 Å². The molecule has 108 valence electrons. The molecule has 0 aliphatic rings. The van der Waals surface area contributed by atoms with Crippen LogP contribution in [-0.2, 0) is 4.74 Å². The van der Waals surface area contributed by atoms with Crippen molar-refractivity contribution in [1.82, 2.24) is 5.32 Å². The number of ether oxygens (including phenoxy) is 1. The second kappa shape index (κ2) is 7.60. The van der Waals surface area contributed by atoms with Crippen molar-refractivity contribution in [2.45, 2.75) is 38.5 Å². The first-order valence-electron chi connectivity index (χ1n) is 6.65. The lowest BCUT2D eigenvalue weighted by molar-refractivity contribution is -0.00535. The fourth-order valence-corrected chi connectivity index (χ4v) is 1.58. The molecule has 1 rings (SSSR count). The number of hydrogen-bond donors (Lipinski definition) is 3. The van der Waals surface area contributed by atoms with Gasteiger partial charge in [0.05, 0.1) is 25.4 Å². The van der Waals surface area contributed by atoms with Gasteiger partial charge in [-0.15, -0.1) is 0 Å². The van der Waals surface area contributed by atoms with Gasteiger partial charge in [0.1, 0.15) is 0 Å². The zero-order valence-electron chi connectivity index (χ0n) is 12.0. The summed E-state index contributed by atoms with van der Waals surface area (Å²) in [5.41, 5.74) is 0.713. The quantitative estimate of drug-likeness (QED) is 0.668. The molecular formula is C15H25NO3. The van der Waals surface area contributed by atoms with E-state index in [2.05, 4.69) is 5.32 Å². The zero-order valence-corrected chi connectivity index (χ0v) is 12.0. The summed E-state index contributed by atoms with van der Waals surface area (Å²) in [4.78, 5) is 0. The van der Waals surface area contributed by atoms with E-state index in [0.29, 0.717) is 6.54 Å². The van der Waals surface area contributed by atoms with Crippen LogP contribution in [0.25, 0.3) is 0 Å². The topological polar surface area (TPSA) is 61.7 Å². The molecule has 4 heteroatoms. The molecular weight excluding hydrogens is 242 g/mol. The fourth-order valence-electron chi connectivity index (χ4n) is 1.58. The van der Waals surface area contributed by atoms with E-state index < -0.39 is 6.10 Å². The van der Waals surface area contributed by atoms with E-state index in [4.69, 9.17) is 9.84 Å². The van der Waals surface area contributed by atoms with E-state index in [0.717, 1.165) is 5.56 Å². The Balaban J connectivity index is 2.29. The number of rotatable bonds is 8. The SMILES string of the molecule is CC(OCC(O)CNC(C)(C)CO)c1ccccc1. The van der Waals surface area contributed by atoms with Gasteiger partial charge < -0.3 is 20.3 Å². The highest BCUT2D eigenvalue weighted by atomic mass is 16.5. The van der Waals surface area contributed by atoms with Crippen LogP contribution in [0.5, 0.6) is 0 Å². The lowest BCUT2D eigenvalue weighted by Crippen LogP contribution is -2.47. The number of aliphatic hydroxyl groups excluding tert-OH is 2. The average Bonchev–Trinajstić information content (AvgIpc) is 2.43. The van der Waals surface area contributed by atoms with Crippen molar-refractivity contribution in [3.63, 3.8) is 0 Å². The molecule has 0 aromatic heterocycles. The lowest BCUT2D eigenvalue weighted by Gasteiger charge is -2.25. The number of nitrogens with one attached hydrogen (secondary N) is 1. The van der Waals surface area contributed by atoms with E-state index >= 15 is 0 Å². The van der Waals surface area contributed by atoms with Crippen LogP contribution >= 0.6 is 0 Å². The fraction of sp³-hybridized carbons (Fsp3) is 0.600. The largest absolute Gasteiger partial charge is 0.394 e. The predicted molar refractivity (Wildman–Crippen MR) is 76.0 cm³/mol. The first kappa shape index (κ1) is 16.1. The second-order valence-corrected chi connectivity index (χ2v) is 5.46. The Morgan fingerprint density at radius 3 is 2.47 bits per heavy atom. The summed E-state index contributed by atoms with van der Waals surface area (Å²) in [6.07, 6.45) is -0.626. The summed E-state index contributed by atoms with van der Waals surface area (Å²) in [7, 11) is 0. The third-order valence-corrected chi connectivity index (χ3v) is 3.02. The third-order valence-electron chi connectivity index (χ3n) is 3.02. The van der Waals surface area contributed by atoms with E-state index in [1.807, 2.05) is 51.1 Å². The predicted octanol–water partition coefficient (Wildman–Crippen LogP) is 1.49. The molecule has 2 atom stereocenters. The molecule has 0 aliphatic heterocycles. The van der Waals surface area contributed by atoms with Crippen molar-refractivity contribution >= 4 is 0 Å². The molecule has 0 spiro atoms. The molecule has 2 unspecified atom stereocenters. The Morgan fingerprint density at radius 2 is 1.89 bits per heavy atom. The van der Waals surface area contributed by atoms with Crippen molar-refractivity contribution in [1.29, 1.82) is 0 Å². The van der Waals surface area contributed by atoms with Crippen LogP contribution in [0, 0.1) is 0 Å². The number of aliphatic hydroxyl groups is 2. The molecule has 3 N–H and O–H groups in total. The van der Waals surface area contributed by atoms with Gasteiger partial charge in [-0.3, -0.25) is 0 Å². The van der Waals surface area contributed by atoms with E-state index in [9.17, 15) is 5.11 Å². The molecule has 4 nitrogen and oxygen atoms in total. The smallest absolute Gasteiger partial charge is 0.0898 e. The number of β-amino-alcohol motifs (C(OH)–C–C–N with tert-alkyl or cyclic N) is 1. The summed E-state index contributed by atoms with van der Waals surface area (Å²) >= 11 is 0. The van der Waals surface area contributed by atoms with Gasteiger partial charge in [-0.25, -0.2) is 0 Å². The molecule has 1 aromatic rings. The number of hydrogen-bond acceptors (Lipinski definition) is 4. The van der Waals surface area contributed by atoms with Crippen LogP contribution in [-0.4, -0.2) is 41.6 Å². The van der Waals surface area contributed by atoms with Gasteiger partial charge in [0.25, 0.3) is 0 Å². The Labute approximate surface area is 115 Å². The maximum absolute atomic E-state index is 9.83. The van der Waals surface area contributed by atoms with Gasteiger partial charge >= 0.3 is 0 Å². The van der Waals surface area contributed by atoms with Crippen molar-refractivity contribution < 1.29 is 14.9 Å². The van der Waals surface area contributed by atoms with Gasteiger partial charge in [0.2, 0.25) is 0 Å². The minimum Gasteiger partial charge on any atom is -0.394 e. The molecule has 0 saturated carbocycles. The maximum atomic E-state index is 9.83. The molecule has 0 saturated heterocycles. The Kier molecular flexibility index (Phi) is 6.45. The van der Waals surface area contributed by atoms with Crippen molar-refractivity contribution in [3.05, 3.63) is 35.9 Å². The average molecular weight is 267 g/mol. The minimum atomic E-state index is -0.586. The lowest BCUT2D eigenvalue weighted by atomic mass is 10.1. The van der Waals surface area contributed by atoms with Crippen LogP contribution in [0.4, 0.5) is 0 Å².